The Morgan fingerprint density at radius 3 is 2.30 bits per heavy atom. The van der Waals surface area contributed by atoms with E-state index in [1.54, 1.807) is 0 Å². The molecule has 0 aliphatic rings. The molecule has 1 N–H and O–H groups in total. The van der Waals surface area contributed by atoms with E-state index in [-0.39, 0.29) is 11.8 Å². The average molecular weight is 301 g/mol. The van der Waals surface area contributed by atoms with Gasteiger partial charge in [0.1, 0.15) is 21.4 Å². The summed E-state index contributed by atoms with van der Waals surface area (Å²) in [5.41, 5.74) is 2.37. The maximum Gasteiger partial charge on any atom is 0.147 e. The second kappa shape index (κ2) is 7.27. The molecule has 5 heteroatoms. The fourth-order valence-electron chi connectivity index (χ4n) is 2.54. The van der Waals surface area contributed by atoms with Crippen LogP contribution in [0.1, 0.15) is 54.9 Å². The molecule has 0 saturated heterocycles. The average Bonchev–Trinajstić information content (AvgIpc) is 2.57. The standard InChI is InChI=1S/C15H27NO3S/c1-6-9-16-14(8-7-10-20(5,17)18)15-11(2)12(3)19-13(15)4/h14,16H,6-10H2,1-5H3. The summed E-state index contributed by atoms with van der Waals surface area (Å²) in [5.74, 6) is 2.13. The molecule has 1 heterocycles. The van der Waals surface area contributed by atoms with Crippen molar-refractivity contribution in [2.75, 3.05) is 18.6 Å². The summed E-state index contributed by atoms with van der Waals surface area (Å²) in [6.07, 6.45) is 3.83. The van der Waals surface area contributed by atoms with Crippen molar-refractivity contribution in [3.05, 3.63) is 22.6 Å². The lowest BCUT2D eigenvalue weighted by atomic mass is 9.98. The van der Waals surface area contributed by atoms with Gasteiger partial charge < -0.3 is 9.73 Å². The predicted molar refractivity (Wildman–Crippen MR) is 82.9 cm³/mol. The van der Waals surface area contributed by atoms with E-state index in [1.165, 1.54) is 17.4 Å². The summed E-state index contributed by atoms with van der Waals surface area (Å²) in [5, 5.41) is 3.51. The summed E-state index contributed by atoms with van der Waals surface area (Å²) in [6.45, 7) is 9.07. The van der Waals surface area contributed by atoms with Gasteiger partial charge in [-0.25, -0.2) is 8.42 Å². The molecule has 0 aromatic carbocycles. The minimum Gasteiger partial charge on any atom is -0.466 e. The topological polar surface area (TPSA) is 59.3 Å². The van der Waals surface area contributed by atoms with Gasteiger partial charge in [-0.15, -0.1) is 0 Å². The largest absolute Gasteiger partial charge is 0.466 e. The Balaban J connectivity index is 2.83. The molecule has 0 bridgehead atoms. The minimum atomic E-state index is -2.89. The molecule has 0 saturated carbocycles. The van der Waals surface area contributed by atoms with Gasteiger partial charge in [-0.05, 0) is 52.1 Å². The van der Waals surface area contributed by atoms with Crippen molar-refractivity contribution in [1.82, 2.24) is 5.32 Å². The summed E-state index contributed by atoms with van der Waals surface area (Å²) >= 11 is 0. The summed E-state index contributed by atoms with van der Waals surface area (Å²) < 4.78 is 28.2. The van der Waals surface area contributed by atoms with E-state index in [0.717, 1.165) is 30.9 Å². The van der Waals surface area contributed by atoms with Crippen LogP contribution in [0.2, 0.25) is 0 Å². The fraction of sp³-hybridized carbons (Fsp3) is 0.733. The van der Waals surface area contributed by atoms with Crippen LogP contribution in [-0.2, 0) is 9.84 Å². The van der Waals surface area contributed by atoms with E-state index in [0.29, 0.717) is 6.42 Å². The molecule has 1 atom stereocenters. The Hall–Kier alpha value is -0.810. The zero-order chi connectivity index (χ0) is 15.3. The first kappa shape index (κ1) is 17.2. The highest BCUT2D eigenvalue weighted by molar-refractivity contribution is 7.90. The number of furan rings is 1. The van der Waals surface area contributed by atoms with Gasteiger partial charge in [0, 0.05) is 23.6 Å². The van der Waals surface area contributed by atoms with Gasteiger partial charge in [-0.2, -0.15) is 0 Å². The van der Waals surface area contributed by atoms with E-state index in [4.69, 9.17) is 4.42 Å². The predicted octanol–water partition coefficient (Wildman–Crippen LogP) is 3.07. The Bertz CT molecular complexity index is 532. The molecule has 1 rings (SSSR count). The summed E-state index contributed by atoms with van der Waals surface area (Å²) in [6, 6.07) is 0.175. The molecule has 0 aliphatic carbocycles. The van der Waals surface area contributed by atoms with Crippen molar-refractivity contribution in [3.8, 4) is 0 Å². The molecule has 0 spiro atoms. The maximum atomic E-state index is 11.3. The van der Waals surface area contributed by atoms with Crippen molar-refractivity contribution in [2.45, 2.75) is 53.0 Å². The third-order valence-corrected chi connectivity index (χ3v) is 4.64. The van der Waals surface area contributed by atoms with Crippen LogP contribution in [0.5, 0.6) is 0 Å². The van der Waals surface area contributed by atoms with Crippen LogP contribution in [0.25, 0.3) is 0 Å². The lowest BCUT2D eigenvalue weighted by Gasteiger charge is -2.19. The third-order valence-electron chi connectivity index (χ3n) is 3.61. The maximum absolute atomic E-state index is 11.3. The number of nitrogens with one attached hydrogen (secondary N) is 1. The number of sulfone groups is 1. The zero-order valence-corrected chi connectivity index (χ0v) is 14.1. The minimum absolute atomic E-state index is 0.175. The normalized spacial score (nSPS) is 13.7. The summed E-state index contributed by atoms with van der Waals surface area (Å²) in [4.78, 5) is 0. The van der Waals surface area contributed by atoms with Gasteiger partial charge in [-0.3, -0.25) is 0 Å². The molecule has 20 heavy (non-hydrogen) atoms. The van der Waals surface area contributed by atoms with Gasteiger partial charge in [0.2, 0.25) is 0 Å². The Labute approximate surface area is 122 Å². The number of aryl methyl sites for hydroxylation is 2. The van der Waals surface area contributed by atoms with Gasteiger partial charge in [0.05, 0.1) is 0 Å². The lowest BCUT2D eigenvalue weighted by Crippen LogP contribution is -2.23. The van der Waals surface area contributed by atoms with Gasteiger partial charge >= 0.3 is 0 Å². The second-order valence-corrected chi connectivity index (χ2v) is 7.79. The van der Waals surface area contributed by atoms with Crippen LogP contribution in [-0.4, -0.2) is 27.0 Å². The Kier molecular flexibility index (Phi) is 6.27. The smallest absolute Gasteiger partial charge is 0.147 e. The van der Waals surface area contributed by atoms with Crippen LogP contribution in [0.3, 0.4) is 0 Å². The van der Waals surface area contributed by atoms with E-state index in [1.807, 2.05) is 13.8 Å². The monoisotopic (exact) mass is 301 g/mol. The molecule has 0 radical (unpaired) electrons. The van der Waals surface area contributed by atoms with E-state index in [2.05, 4.69) is 19.2 Å². The van der Waals surface area contributed by atoms with Gasteiger partial charge in [-0.1, -0.05) is 6.92 Å². The van der Waals surface area contributed by atoms with Crippen molar-refractivity contribution < 1.29 is 12.8 Å². The number of hydrogen-bond acceptors (Lipinski definition) is 4. The van der Waals surface area contributed by atoms with Gasteiger partial charge in [0.25, 0.3) is 0 Å². The molecule has 4 nitrogen and oxygen atoms in total. The molecular formula is C15H27NO3S. The Morgan fingerprint density at radius 2 is 1.85 bits per heavy atom. The van der Waals surface area contributed by atoms with Crippen molar-refractivity contribution in [1.29, 1.82) is 0 Å². The molecular weight excluding hydrogens is 274 g/mol. The van der Waals surface area contributed by atoms with E-state index in [9.17, 15) is 8.42 Å². The number of hydrogen-bond donors (Lipinski definition) is 1. The van der Waals surface area contributed by atoms with Crippen LogP contribution in [0.4, 0.5) is 0 Å². The first-order valence-electron chi connectivity index (χ1n) is 7.23. The first-order chi connectivity index (χ1) is 9.26. The van der Waals surface area contributed by atoms with E-state index >= 15 is 0 Å². The lowest BCUT2D eigenvalue weighted by molar-refractivity contribution is 0.465. The van der Waals surface area contributed by atoms with Crippen LogP contribution in [0.15, 0.2) is 4.42 Å². The van der Waals surface area contributed by atoms with Crippen molar-refractivity contribution >= 4 is 9.84 Å². The summed E-state index contributed by atoms with van der Waals surface area (Å²) in [7, 11) is -2.89. The zero-order valence-electron chi connectivity index (χ0n) is 13.2. The highest BCUT2D eigenvalue weighted by Gasteiger charge is 2.20. The fourth-order valence-corrected chi connectivity index (χ4v) is 3.23. The second-order valence-electron chi connectivity index (χ2n) is 5.53. The molecule has 0 aliphatic heterocycles. The quantitative estimate of drug-likeness (QED) is 0.801. The van der Waals surface area contributed by atoms with Gasteiger partial charge in [0.15, 0.2) is 0 Å². The SMILES string of the molecule is CCCNC(CCCS(C)(=O)=O)c1c(C)oc(C)c1C. The first-order valence-corrected chi connectivity index (χ1v) is 9.30. The molecule has 116 valence electrons. The van der Waals surface area contributed by atoms with Crippen LogP contribution in [0, 0.1) is 20.8 Å². The Morgan fingerprint density at radius 1 is 1.20 bits per heavy atom. The molecule has 1 aromatic heterocycles. The molecule has 0 amide bonds. The van der Waals surface area contributed by atoms with E-state index < -0.39 is 9.84 Å². The highest BCUT2D eigenvalue weighted by Crippen LogP contribution is 2.29. The third kappa shape index (κ3) is 4.94. The van der Waals surface area contributed by atoms with Crippen molar-refractivity contribution in [2.24, 2.45) is 0 Å². The number of rotatable bonds is 8. The van der Waals surface area contributed by atoms with Crippen LogP contribution >= 0.6 is 0 Å². The molecule has 1 unspecified atom stereocenters. The molecule has 1 aromatic rings. The molecule has 0 fully saturated rings. The van der Waals surface area contributed by atoms with Crippen molar-refractivity contribution in [3.63, 3.8) is 0 Å². The highest BCUT2D eigenvalue weighted by atomic mass is 32.2. The van der Waals surface area contributed by atoms with Crippen LogP contribution < -0.4 is 5.32 Å².